The monoisotopic (exact) mass is 269 g/mol. The molecule has 0 spiro atoms. The molecule has 2 nitrogen and oxygen atoms in total. The molecule has 102 valence electrons. The zero-order chi connectivity index (χ0) is 13.2. The van der Waals surface area contributed by atoms with Gasteiger partial charge >= 0.3 is 0 Å². The first-order valence-corrected chi connectivity index (χ1v) is 7.18. The quantitative estimate of drug-likeness (QED) is 0.679. The number of rotatable bonds is 9. The minimum atomic E-state index is 0.359. The van der Waals surface area contributed by atoms with Crippen molar-refractivity contribution in [3.8, 4) is 0 Å². The topological polar surface area (TPSA) is 21.3 Å². The normalized spacial score (nSPS) is 12.6. The number of ether oxygens (including phenoxy) is 1. The van der Waals surface area contributed by atoms with E-state index in [1.807, 2.05) is 12.1 Å². The van der Waals surface area contributed by atoms with Crippen LogP contribution in [0.15, 0.2) is 24.3 Å². The van der Waals surface area contributed by atoms with Gasteiger partial charge in [0.25, 0.3) is 0 Å². The highest BCUT2D eigenvalue weighted by atomic mass is 35.5. The highest BCUT2D eigenvalue weighted by Gasteiger charge is 2.03. The van der Waals surface area contributed by atoms with E-state index >= 15 is 0 Å². The van der Waals surface area contributed by atoms with Gasteiger partial charge in [0.1, 0.15) is 0 Å². The summed E-state index contributed by atoms with van der Waals surface area (Å²) in [5, 5.41) is 4.27. The zero-order valence-electron chi connectivity index (χ0n) is 11.4. The number of unbranched alkanes of at least 4 members (excludes halogenated alkanes) is 1. The first-order chi connectivity index (χ1) is 8.74. The van der Waals surface area contributed by atoms with Crippen molar-refractivity contribution in [3.63, 3.8) is 0 Å². The lowest BCUT2D eigenvalue weighted by molar-refractivity contribution is 0.128. The molecule has 1 atom stereocenters. The Morgan fingerprint density at radius 1 is 1.17 bits per heavy atom. The molecule has 0 saturated heterocycles. The van der Waals surface area contributed by atoms with Gasteiger partial charge in [-0.2, -0.15) is 0 Å². The van der Waals surface area contributed by atoms with Crippen LogP contribution in [-0.2, 0) is 4.74 Å². The van der Waals surface area contributed by atoms with Gasteiger partial charge < -0.3 is 10.1 Å². The van der Waals surface area contributed by atoms with Gasteiger partial charge in [0.2, 0.25) is 0 Å². The van der Waals surface area contributed by atoms with Crippen LogP contribution < -0.4 is 5.32 Å². The molecule has 0 fully saturated rings. The lowest BCUT2D eigenvalue weighted by atomic mass is 10.1. The van der Waals surface area contributed by atoms with E-state index in [0.29, 0.717) is 6.04 Å². The summed E-state index contributed by atoms with van der Waals surface area (Å²) in [6, 6.07) is 8.36. The van der Waals surface area contributed by atoms with Crippen molar-refractivity contribution in [1.29, 1.82) is 0 Å². The van der Waals surface area contributed by atoms with Crippen LogP contribution in [0.4, 0.5) is 0 Å². The summed E-state index contributed by atoms with van der Waals surface area (Å²) < 4.78 is 5.52. The fourth-order valence-electron chi connectivity index (χ4n) is 1.71. The summed E-state index contributed by atoms with van der Waals surface area (Å²) in [4.78, 5) is 0. The van der Waals surface area contributed by atoms with E-state index in [-0.39, 0.29) is 0 Å². The number of hydrogen-bond acceptors (Lipinski definition) is 2. The van der Waals surface area contributed by atoms with Crippen LogP contribution in [0.2, 0.25) is 5.02 Å². The van der Waals surface area contributed by atoms with E-state index in [0.717, 1.165) is 37.6 Å². The second-order valence-electron chi connectivity index (χ2n) is 4.55. The van der Waals surface area contributed by atoms with E-state index in [9.17, 15) is 0 Å². The number of hydrogen-bond donors (Lipinski definition) is 1. The van der Waals surface area contributed by atoms with Crippen LogP contribution in [0, 0.1) is 0 Å². The number of nitrogens with one attached hydrogen (secondary N) is 1. The molecule has 0 aliphatic carbocycles. The molecule has 0 heterocycles. The van der Waals surface area contributed by atoms with E-state index < -0.39 is 0 Å². The van der Waals surface area contributed by atoms with Crippen molar-refractivity contribution in [3.05, 3.63) is 34.9 Å². The molecule has 1 unspecified atom stereocenters. The van der Waals surface area contributed by atoms with Crippen LogP contribution in [0.1, 0.15) is 44.7 Å². The fraction of sp³-hybridized carbons (Fsp3) is 0.600. The molecule has 0 radical (unpaired) electrons. The fourth-order valence-corrected chi connectivity index (χ4v) is 1.84. The molecule has 0 amide bonds. The van der Waals surface area contributed by atoms with Crippen molar-refractivity contribution < 1.29 is 4.74 Å². The van der Waals surface area contributed by atoms with Crippen molar-refractivity contribution in [1.82, 2.24) is 5.32 Å². The smallest absolute Gasteiger partial charge is 0.0478 e. The lowest BCUT2D eigenvalue weighted by Gasteiger charge is -2.14. The van der Waals surface area contributed by atoms with Crippen molar-refractivity contribution in [2.24, 2.45) is 0 Å². The maximum absolute atomic E-state index is 5.87. The molecule has 1 N–H and O–H groups in total. The molecule has 0 bridgehead atoms. The maximum atomic E-state index is 5.87. The molecule has 0 aliphatic heterocycles. The Labute approximate surface area is 116 Å². The highest BCUT2D eigenvalue weighted by Crippen LogP contribution is 2.15. The molecule has 1 aromatic rings. The summed E-state index contributed by atoms with van der Waals surface area (Å²) in [5.41, 5.74) is 1.27. The van der Waals surface area contributed by atoms with E-state index in [4.69, 9.17) is 16.3 Å². The summed E-state index contributed by atoms with van der Waals surface area (Å²) in [7, 11) is 0. The van der Waals surface area contributed by atoms with Crippen molar-refractivity contribution >= 4 is 11.6 Å². The molecule has 0 aliphatic rings. The first-order valence-electron chi connectivity index (χ1n) is 6.80. The number of benzene rings is 1. The number of halogens is 1. The molecular weight excluding hydrogens is 246 g/mol. The van der Waals surface area contributed by atoms with Gasteiger partial charge in [-0.15, -0.1) is 0 Å². The average Bonchev–Trinajstić information content (AvgIpc) is 2.38. The standard InChI is InChI=1S/C15H24ClNO/c1-3-4-11-18-12-5-10-17-13(2)14-6-8-15(16)9-7-14/h6-9,13,17H,3-5,10-12H2,1-2H3. The van der Waals surface area contributed by atoms with Crippen molar-refractivity contribution in [2.45, 2.75) is 39.2 Å². The first kappa shape index (κ1) is 15.5. The highest BCUT2D eigenvalue weighted by molar-refractivity contribution is 6.30. The minimum Gasteiger partial charge on any atom is -0.381 e. The van der Waals surface area contributed by atoms with Crippen LogP contribution >= 0.6 is 11.6 Å². The average molecular weight is 270 g/mol. The summed E-state index contributed by atoms with van der Waals surface area (Å²) in [6.45, 7) is 7.07. The third kappa shape index (κ3) is 6.39. The largest absolute Gasteiger partial charge is 0.381 e. The minimum absolute atomic E-state index is 0.359. The van der Waals surface area contributed by atoms with Gasteiger partial charge in [0.15, 0.2) is 0 Å². The van der Waals surface area contributed by atoms with Crippen LogP contribution in [0.5, 0.6) is 0 Å². The molecule has 3 heteroatoms. The van der Waals surface area contributed by atoms with Gasteiger partial charge in [-0.05, 0) is 44.0 Å². The van der Waals surface area contributed by atoms with Gasteiger partial charge in [0, 0.05) is 24.3 Å². The molecule has 1 rings (SSSR count). The Kier molecular flexibility index (Phi) is 8.06. The van der Waals surface area contributed by atoms with E-state index in [1.165, 1.54) is 12.0 Å². The Balaban J connectivity index is 2.10. The van der Waals surface area contributed by atoms with E-state index in [2.05, 4.69) is 31.3 Å². The van der Waals surface area contributed by atoms with Gasteiger partial charge in [0.05, 0.1) is 0 Å². The Morgan fingerprint density at radius 2 is 1.83 bits per heavy atom. The molecule has 0 saturated carbocycles. The summed E-state index contributed by atoms with van der Waals surface area (Å²) >= 11 is 5.87. The molecule has 0 aromatic heterocycles. The van der Waals surface area contributed by atoms with Gasteiger partial charge in [-0.25, -0.2) is 0 Å². The van der Waals surface area contributed by atoms with Gasteiger partial charge in [-0.1, -0.05) is 37.1 Å². The third-order valence-corrected chi connectivity index (χ3v) is 3.18. The SMILES string of the molecule is CCCCOCCCNC(C)c1ccc(Cl)cc1. The third-order valence-electron chi connectivity index (χ3n) is 2.93. The molecule has 1 aromatic carbocycles. The predicted molar refractivity (Wildman–Crippen MR) is 78.2 cm³/mol. The molecule has 18 heavy (non-hydrogen) atoms. The van der Waals surface area contributed by atoms with Crippen LogP contribution in [0.3, 0.4) is 0 Å². The second-order valence-corrected chi connectivity index (χ2v) is 4.98. The zero-order valence-corrected chi connectivity index (χ0v) is 12.2. The summed E-state index contributed by atoms with van der Waals surface area (Å²) in [5.74, 6) is 0. The molecular formula is C15H24ClNO. The van der Waals surface area contributed by atoms with Gasteiger partial charge in [-0.3, -0.25) is 0 Å². The van der Waals surface area contributed by atoms with Crippen LogP contribution in [0.25, 0.3) is 0 Å². The summed E-state index contributed by atoms with van der Waals surface area (Å²) in [6.07, 6.45) is 3.42. The predicted octanol–water partition coefficient (Wildman–Crippen LogP) is 4.20. The van der Waals surface area contributed by atoms with Crippen LogP contribution in [-0.4, -0.2) is 19.8 Å². The Morgan fingerprint density at radius 3 is 2.50 bits per heavy atom. The van der Waals surface area contributed by atoms with E-state index in [1.54, 1.807) is 0 Å². The Hall–Kier alpha value is -0.570. The van der Waals surface area contributed by atoms with Crippen molar-refractivity contribution in [2.75, 3.05) is 19.8 Å². The second kappa shape index (κ2) is 9.37. The Bertz CT molecular complexity index is 313. The maximum Gasteiger partial charge on any atom is 0.0478 e. The lowest BCUT2D eigenvalue weighted by Crippen LogP contribution is -2.21.